The second-order valence-corrected chi connectivity index (χ2v) is 7.15. The molecule has 98 valence electrons. The van der Waals surface area contributed by atoms with Gasteiger partial charge in [0.1, 0.15) is 9.84 Å². The van der Waals surface area contributed by atoms with E-state index in [2.05, 4.69) is 14.9 Å². The van der Waals surface area contributed by atoms with Gasteiger partial charge in [0.15, 0.2) is 0 Å². The fourth-order valence-electron chi connectivity index (χ4n) is 1.68. The van der Waals surface area contributed by atoms with Gasteiger partial charge in [-0.25, -0.2) is 8.42 Å². The van der Waals surface area contributed by atoms with Crippen LogP contribution in [0.4, 0.5) is 0 Å². The van der Waals surface area contributed by atoms with Crippen LogP contribution in [0.2, 0.25) is 0 Å². The number of hydrogen-bond acceptors (Lipinski definition) is 6. The number of rotatable bonds is 7. The van der Waals surface area contributed by atoms with E-state index in [1.54, 1.807) is 0 Å². The van der Waals surface area contributed by atoms with Crippen molar-refractivity contribution >= 4 is 21.4 Å². The monoisotopic (exact) mass is 277 g/mol. The van der Waals surface area contributed by atoms with E-state index < -0.39 is 9.84 Å². The zero-order valence-electron chi connectivity index (χ0n) is 10.4. The Morgan fingerprint density at radius 1 is 1.47 bits per heavy atom. The molecule has 1 aromatic heterocycles. The number of sulfone groups is 1. The molecule has 0 amide bonds. The maximum absolute atomic E-state index is 11.1. The second kappa shape index (κ2) is 6.42. The van der Waals surface area contributed by atoms with Gasteiger partial charge in [-0.05, 0) is 37.8 Å². The lowest BCUT2D eigenvalue weighted by Crippen LogP contribution is -2.21. The minimum Gasteiger partial charge on any atom is -0.309 e. The Morgan fingerprint density at radius 3 is 2.65 bits per heavy atom. The summed E-state index contributed by atoms with van der Waals surface area (Å²) in [5.74, 6) is 0.236. The summed E-state index contributed by atoms with van der Waals surface area (Å²) in [6.45, 7) is 4.81. The fraction of sp³-hybridized carbons (Fsp3) is 0.800. The van der Waals surface area contributed by atoms with E-state index in [4.69, 9.17) is 0 Å². The van der Waals surface area contributed by atoms with Crippen molar-refractivity contribution in [1.29, 1.82) is 0 Å². The van der Waals surface area contributed by atoms with Gasteiger partial charge in [-0.15, -0.1) is 5.10 Å². The molecule has 0 aliphatic rings. The van der Waals surface area contributed by atoms with Gasteiger partial charge in [0.2, 0.25) is 0 Å². The number of nitrogens with zero attached hydrogens (tertiary/aromatic N) is 2. The molecule has 0 spiro atoms. The van der Waals surface area contributed by atoms with Crippen LogP contribution in [0.25, 0.3) is 0 Å². The molecule has 0 saturated heterocycles. The Hall–Kier alpha value is -0.530. The Bertz CT molecular complexity index is 442. The minimum absolute atomic E-state index is 0.168. The van der Waals surface area contributed by atoms with Crippen LogP contribution in [0.1, 0.15) is 36.4 Å². The Balaban J connectivity index is 2.59. The van der Waals surface area contributed by atoms with Crippen LogP contribution < -0.4 is 5.32 Å². The first kappa shape index (κ1) is 14.5. The smallest absolute Gasteiger partial charge is 0.147 e. The van der Waals surface area contributed by atoms with Gasteiger partial charge in [-0.2, -0.15) is 0 Å². The Morgan fingerprint density at radius 2 is 2.18 bits per heavy atom. The topological polar surface area (TPSA) is 72.0 Å². The van der Waals surface area contributed by atoms with Crippen molar-refractivity contribution in [2.45, 2.75) is 32.7 Å². The summed E-state index contributed by atoms with van der Waals surface area (Å²) in [7, 11) is -2.87. The van der Waals surface area contributed by atoms with Gasteiger partial charge < -0.3 is 5.32 Å². The van der Waals surface area contributed by atoms with Crippen LogP contribution in [-0.4, -0.2) is 36.6 Å². The molecule has 1 unspecified atom stereocenters. The largest absolute Gasteiger partial charge is 0.309 e. The van der Waals surface area contributed by atoms with E-state index in [1.165, 1.54) is 17.8 Å². The molecule has 0 aromatic carbocycles. The third kappa shape index (κ3) is 5.10. The zero-order valence-corrected chi connectivity index (χ0v) is 12.1. The first-order valence-electron chi connectivity index (χ1n) is 5.64. The summed E-state index contributed by atoms with van der Waals surface area (Å²) >= 11 is 1.38. The van der Waals surface area contributed by atoms with E-state index in [0.717, 1.165) is 23.5 Å². The van der Waals surface area contributed by atoms with Gasteiger partial charge in [0, 0.05) is 18.1 Å². The van der Waals surface area contributed by atoms with Crippen LogP contribution in [-0.2, 0) is 9.84 Å². The normalized spacial score (nSPS) is 13.8. The van der Waals surface area contributed by atoms with Crippen LogP contribution in [0, 0.1) is 6.92 Å². The van der Waals surface area contributed by atoms with Gasteiger partial charge in [0.05, 0.1) is 10.6 Å². The van der Waals surface area contributed by atoms with E-state index in [9.17, 15) is 8.42 Å². The van der Waals surface area contributed by atoms with E-state index >= 15 is 0 Å². The quantitative estimate of drug-likeness (QED) is 0.814. The summed E-state index contributed by atoms with van der Waals surface area (Å²) in [6, 6.07) is 0.168. The highest BCUT2D eigenvalue weighted by atomic mass is 32.2. The molecule has 5 nitrogen and oxygen atoms in total. The first-order chi connectivity index (χ1) is 7.94. The molecule has 0 radical (unpaired) electrons. The lowest BCUT2D eigenvalue weighted by molar-refractivity contribution is 0.511. The summed E-state index contributed by atoms with van der Waals surface area (Å²) in [5.41, 5.74) is 0.931. The van der Waals surface area contributed by atoms with E-state index in [1.807, 2.05) is 13.8 Å². The molecule has 1 atom stereocenters. The van der Waals surface area contributed by atoms with Crippen molar-refractivity contribution in [3.8, 4) is 0 Å². The standard InChI is InChI=1S/C10H19N3O2S2/c1-4-11-9(6-5-7-17(3,14)15)10-8(2)12-13-16-10/h9,11H,4-7H2,1-3H3. The minimum atomic E-state index is -2.87. The van der Waals surface area contributed by atoms with Crippen LogP contribution in [0.15, 0.2) is 0 Å². The molecule has 0 saturated carbocycles. The first-order valence-corrected chi connectivity index (χ1v) is 8.47. The highest BCUT2D eigenvalue weighted by molar-refractivity contribution is 7.90. The van der Waals surface area contributed by atoms with Crippen molar-refractivity contribution in [1.82, 2.24) is 14.9 Å². The third-order valence-electron chi connectivity index (χ3n) is 2.46. The molecule has 0 fully saturated rings. The zero-order chi connectivity index (χ0) is 12.9. The maximum atomic E-state index is 11.1. The van der Waals surface area contributed by atoms with Crippen molar-refractivity contribution in [3.05, 3.63) is 10.6 Å². The molecule has 7 heteroatoms. The molecule has 1 aromatic rings. The SMILES string of the molecule is CCNC(CCCS(C)(=O)=O)c1snnc1C. The predicted molar refractivity (Wildman–Crippen MR) is 70.0 cm³/mol. The molecule has 0 aliphatic carbocycles. The molecule has 0 aliphatic heterocycles. The molecule has 17 heavy (non-hydrogen) atoms. The van der Waals surface area contributed by atoms with Crippen molar-refractivity contribution in [2.75, 3.05) is 18.6 Å². The van der Waals surface area contributed by atoms with E-state index in [0.29, 0.717) is 6.42 Å². The molecule has 1 rings (SSSR count). The number of aromatic nitrogens is 2. The highest BCUT2D eigenvalue weighted by Crippen LogP contribution is 2.24. The molecular formula is C10H19N3O2S2. The van der Waals surface area contributed by atoms with Crippen molar-refractivity contribution < 1.29 is 8.42 Å². The number of hydrogen-bond donors (Lipinski definition) is 1. The third-order valence-corrected chi connectivity index (χ3v) is 4.43. The average molecular weight is 277 g/mol. The molecule has 0 bridgehead atoms. The summed E-state index contributed by atoms with van der Waals surface area (Å²) in [5, 5.41) is 7.33. The van der Waals surface area contributed by atoms with Crippen LogP contribution in [0.3, 0.4) is 0 Å². The van der Waals surface area contributed by atoms with E-state index in [-0.39, 0.29) is 11.8 Å². The van der Waals surface area contributed by atoms with Gasteiger partial charge in [0.25, 0.3) is 0 Å². The lowest BCUT2D eigenvalue weighted by Gasteiger charge is -2.15. The van der Waals surface area contributed by atoms with Gasteiger partial charge in [-0.3, -0.25) is 0 Å². The summed E-state index contributed by atoms with van der Waals surface area (Å²) in [6.07, 6.45) is 2.73. The molecule has 1 N–H and O–H groups in total. The summed E-state index contributed by atoms with van der Waals surface area (Å²) < 4.78 is 26.1. The lowest BCUT2D eigenvalue weighted by atomic mass is 10.1. The molecular weight excluding hydrogens is 258 g/mol. The van der Waals surface area contributed by atoms with Gasteiger partial charge in [-0.1, -0.05) is 11.4 Å². The van der Waals surface area contributed by atoms with Crippen LogP contribution in [0.5, 0.6) is 0 Å². The average Bonchev–Trinajstić information content (AvgIpc) is 2.61. The van der Waals surface area contributed by atoms with Crippen molar-refractivity contribution in [3.63, 3.8) is 0 Å². The van der Waals surface area contributed by atoms with Crippen LogP contribution >= 0.6 is 11.5 Å². The number of aryl methyl sites for hydroxylation is 1. The molecule has 1 heterocycles. The predicted octanol–water partition coefficient (Wildman–Crippen LogP) is 1.32. The number of nitrogens with one attached hydrogen (secondary N) is 1. The Kier molecular flexibility index (Phi) is 5.48. The van der Waals surface area contributed by atoms with Crippen molar-refractivity contribution in [2.24, 2.45) is 0 Å². The maximum Gasteiger partial charge on any atom is 0.147 e. The fourth-order valence-corrected chi connectivity index (χ4v) is 3.12. The summed E-state index contributed by atoms with van der Waals surface area (Å²) in [4.78, 5) is 1.11. The highest BCUT2D eigenvalue weighted by Gasteiger charge is 2.16. The second-order valence-electron chi connectivity index (χ2n) is 4.10. The van der Waals surface area contributed by atoms with Gasteiger partial charge >= 0.3 is 0 Å². The Labute approximate surface area is 107 Å².